The molecule has 6 heteroatoms. The molecule has 1 aromatic carbocycles. The van der Waals surface area contributed by atoms with E-state index < -0.39 is 0 Å². The Kier molecular flexibility index (Phi) is 3.31. The molecule has 0 saturated carbocycles. The Bertz CT molecular complexity index is 922. The summed E-state index contributed by atoms with van der Waals surface area (Å²) in [6.07, 6.45) is 3.49. The molecule has 0 unspecified atom stereocenters. The van der Waals surface area contributed by atoms with Crippen molar-refractivity contribution in [2.24, 2.45) is 11.8 Å². The second kappa shape index (κ2) is 5.67. The summed E-state index contributed by atoms with van der Waals surface area (Å²) in [5.74, 6) is 1.01. The number of fused-ring (bicyclic) bond motifs is 2. The first-order chi connectivity index (χ1) is 12.3. The second-order valence-electron chi connectivity index (χ2n) is 6.88. The molecular weight excluding hydrogens is 314 g/mol. The Balaban J connectivity index is 1.57. The van der Waals surface area contributed by atoms with Crippen LogP contribution in [0.2, 0.25) is 0 Å². The zero-order valence-electron chi connectivity index (χ0n) is 13.7. The normalized spacial score (nSPS) is 25.4. The van der Waals surface area contributed by atoms with E-state index in [4.69, 9.17) is 0 Å². The fraction of sp³-hybridized carbons (Fsp3) is 0.316. The number of nitrogens with one attached hydrogen (secondary N) is 1. The molecule has 2 saturated heterocycles. The van der Waals surface area contributed by atoms with Crippen LogP contribution in [-0.4, -0.2) is 45.0 Å². The van der Waals surface area contributed by atoms with Crippen LogP contribution in [0.25, 0.3) is 5.65 Å². The van der Waals surface area contributed by atoms with Crippen molar-refractivity contribution in [3.63, 3.8) is 0 Å². The summed E-state index contributed by atoms with van der Waals surface area (Å²) in [4.78, 5) is 15.4. The largest absolute Gasteiger partial charge is 0.331 e. The standard InChI is InChI=1S/C19H19N5O/c25-19(15-7-4-8-23-12-21-22-18(15)23)24-11-14-9-20-10-16(14)17(24)13-5-2-1-3-6-13/h1-8,12,14,16-17,20H,9-11H2/t14-,16-,17-/m0/s1. The monoisotopic (exact) mass is 333 g/mol. The predicted molar refractivity (Wildman–Crippen MR) is 93.1 cm³/mol. The van der Waals surface area contributed by atoms with Gasteiger partial charge in [-0.25, -0.2) is 0 Å². The summed E-state index contributed by atoms with van der Waals surface area (Å²) in [5.41, 5.74) is 2.45. The maximum Gasteiger partial charge on any atom is 0.258 e. The van der Waals surface area contributed by atoms with Gasteiger partial charge in [0.05, 0.1) is 11.6 Å². The van der Waals surface area contributed by atoms with E-state index in [1.165, 1.54) is 5.56 Å². The van der Waals surface area contributed by atoms with Gasteiger partial charge >= 0.3 is 0 Å². The van der Waals surface area contributed by atoms with Crippen molar-refractivity contribution in [1.82, 2.24) is 24.8 Å². The molecule has 2 aliphatic rings. The maximum atomic E-state index is 13.4. The number of carbonyl (C=O) groups is 1. The van der Waals surface area contributed by atoms with Crippen LogP contribution >= 0.6 is 0 Å². The van der Waals surface area contributed by atoms with Gasteiger partial charge in [0.2, 0.25) is 0 Å². The lowest BCUT2D eigenvalue weighted by Gasteiger charge is -2.28. The summed E-state index contributed by atoms with van der Waals surface area (Å²) in [7, 11) is 0. The number of hydrogen-bond donors (Lipinski definition) is 1. The minimum Gasteiger partial charge on any atom is -0.331 e. The quantitative estimate of drug-likeness (QED) is 0.776. The van der Waals surface area contributed by atoms with Crippen molar-refractivity contribution in [1.29, 1.82) is 0 Å². The molecular formula is C19H19N5O. The van der Waals surface area contributed by atoms with Gasteiger partial charge in [-0.05, 0) is 23.6 Å². The lowest BCUT2D eigenvalue weighted by molar-refractivity contribution is 0.0715. The first-order valence-electron chi connectivity index (χ1n) is 8.68. The van der Waals surface area contributed by atoms with Crippen LogP contribution in [0.1, 0.15) is 22.0 Å². The van der Waals surface area contributed by atoms with Crippen LogP contribution in [0.4, 0.5) is 0 Å². The molecule has 4 heterocycles. The fourth-order valence-electron chi connectivity index (χ4n) is 4.38. The number of benzene rings is 1. The molecule has 6 nitrogen and oxygen atoms in total. The van der Waals surface area contributed by atoms with Crippen molar-refractivity contribution in [2.75, 3.05) is 19.6 Å². The Morgan fingerprint density at radius 2 is 2.00 bits per heavy atom. The second-order valence-corrected chi connectivity index (χ2v) is 6.88. The van der Waals surface area contributed by atoms with E-state index in [-0.39, 0.29) is 11.9 Å². The molecule has 2 aromatic heterocycles. The number of amides is 1. The van der Waals surface area contributed by atoms with Crippen LogP contribution in [-0.2, 0) is 0 Å². The van der Waals surface area contributed by atoms with Crippen molar-refractivity contribution < 1.29 is 4.79 Å². The van der Waals surface area contributed by atoms with Crippen molar-refractivity contribution in [2.45, 2.75) is 6.04 Å². The van der Waals surface area contributed by atoms with Gasteiger partial charge in [0.25, 0.3) is 5.91 Å². The summed E-state index contributed by atoms with van der Waals surface area (Å²) in [6.45, 7) is 2.72. The molecule has 0 aliphatic carbocycles. The van der Waals surface area contributed by atoms with Gasteiger partial charge < -0.3 is 10.2 Å². The third-order valence-electron chi connectivity index (χ3n) is 5.52. The zero-order valence-corrected chi connectivity index (χ0v) is 13.7. The minimum atomic E-state index is 0.0434. The highest BCUT2D eigenvalue weighted by Gasteiger charge is 2.47. The molecule has 0 bridgehead atoms. The van der Waals surface area contributed by atoms with E-state index in [1.54, 1.807) is 10.7 Å². The summed E-state index contributed by atoms with van der Waals surface area (Å²) in [6, 6.07) is 14.2. The molecule has 1 N–H and O–H groups in total. The van der Waals surface area contributed by atoms with E-state index >= 15 is 0 Å². The molecule has 5 rings (SSSR count). The van der Waals surface area contributed by atoms with Crippen LogP contribution < -0.4 is 5.32 Å². The molecule has 2 aliphatic heterocycles. The number of likely N-dealkylation sites (tertiary alicyclic amines) is 1. The highest BCUT2D eigenvalue weighted by atomic mass is 16.2. The van der Waals surface area contributed by atoms with Gasteiger partial charge in [-0.15, -0.1) is 10.2 Å². The lowest BCUT2D eigenvalue weighted by Crippen LogP contribution is -2.35. The molecule has 0 radical (unpaired) electrons. The zero-order chi connectivity index (χ0) is 16.8. The van der Waals surface area contributed by atoms with Gasteiger partial charge in [-0.1, -0.05) is 30.3 Å². The average molecular weight is 333 g/mol. The van der Waals surface area contributed by atoms with Gasteiger partial charge in [-0.3, -0.25) is 9.20 Å². The summed E-state index contributed by atoms with van der Waals surface area (Å²) in [5, 5.41) is 11.6. The Morgan fingerprint density at radius 3 is 2.88 bits per heavy atom. The van der Waals surface area contributed by atoms with Gasteiger partial charge in [0, 0.05) is 31.7 Å². The number of carbonyl (C=O) groups excluding carboxylic acids is 1. The number of nitrogens with zero attached hydrogens (tertiary/aromatic N) is 4. The lowest BCUT2D eigenvalue weighted by atomic mass is 9.89. The topological polar surface area (TPSA) is 62.5 Å². The Hall–Kier alpha value is -2.73. The highest BCUT2D eigenvalue weighted by molar-refractivity contribution is 6.00. The third-order valence-corrected chi connectivity index (χ3v) is 5.52. The number of pyridine rings is 1. The smallest absolute Gasteiger partial charge is 0.258 e. The van der Waals surface area contributed by atoms with Crippen molar-refractivity contribution in [3.05, 3.63) is 66.1 Å². The molecule has 126 valence electrons. The Morgan fingerprint density at radius 1 is 1.12 bits per heavy atom. The highest BCUT2D eigenvalue weighted by Crippen LogP contribution is 2.43. The minimum absolute atomic E-state index is 0.0434. The molecule has 3 atom stereocenters. The SMILES string of the molecule is O=C(c1cccn2cnnc12)N1C[C@@H]2CNC[C@@H]2[C@@H]1c1ccccc1. The van der Waals surface area contributed by atoms with E-state index in [1.807, 2.05) is 41.4 Å². The van der Waals surface area contributed by atoms with E-state index in [0.29, 0.717) is 23.0 Å². The van der Waals surface area contributed by atoms with Crippen LogP contribution in [0.15, 0.2) is 55.0 Å². The average Bonchev–Trinajstić information content (AvgIpc) is 3.36. The van der Waals surface area contributed by atoms with Crippen LogP contribution in [0.5, 0.6) is 0 Å². The molecule has 3 aromatic rings. The van der Waals surface area contributed by atoms with Gasteiger partial charge in [-0.2, -0.15) is 0 Å². The van der Waals surface area contributed by atoms with Crippen LogP contribution in [0, 0.1) is 11.8 Å². The predicted octanol–water partition coefficient (Wildman–Crippen LogP) is 1.76. The third kappa shape index (κ3) is 2.25. The summed E-state index contributed by atoms with van der Waals surface area (Å²) >= 11 is 0. The van der Waals surface area contributed by atoms with Gasteiger partial charge in [0.1, 0.15) is 6.33 Å². The van der Waals surface area contributed by atoms with Gasteiger partial charge in [0.15, 0.2) is 5.65 Å². The van der Waals surface area contributed by atoms with E-state index in [0.717, 1.165) is 19.6 Å². The summed E-state index contributed by atoms with van der Waals surface area (Å²) < 4.78 is 1.79. The van der Waals surface area contributed by atoms with Crippen molar-refractivity contribution >= 4 is 11.6 Å². The van der Waals surface area contributed by atoms with Crippen LogP contribution in [0.3, 0.4) is 0 Å². The molecule has 0 spiro atoms. The van der Waals surface area contributed by atoms with E-state index in [9.17, 15) is 4.79 Å². The molecule has 25 heavy (non-hydrogen) atoms. The molecule has 2 fully saturated rings. The maximum absolute atomic E-state index is 13.4. The molecule has 1 amide bonds. The van der Waals surface area contributed by atoms with Crippen molar-refractivity contribution in [3.8, 4) is 0 Å². The number of hydrogen-bond acceptors (Lipinski definition) is 4. The number of aromatic nitrogens is 3. The fourth-order valence-corrected chi connectivity index (χ4v) is 4.38. The first kappa shape index (κ1) is 14.6. The van der Waals surface area contributed by atoms with E-state index in [2.05, 4.69) is 27.6 Å². The first-order valence-corrected chi connectivity index (χ1v) is 8.68. The number of rotatable bonds is 2. The Labute approximate surface area is 145 Å².